The summed E-state index contributed by atoms with van der Waals surface area (Å²) in [5, 5.41) is 6.15. The highest BCUT2D eigenvalue weighted by Crippen LogP contribution is 2.25. The van der Waals surface area contributed by atoms with Crippen LogP contribution in [0.2, 0.25) is 0 Å². The molecule has 3 amide bonds. The van der Waals surface area contributed by atoms with E-state index in [-0.39, 0.29) is 29.4 Å². The molecular formula is C22H43N3O2. The molecule has 0 spiro atoms. The van der Waals surface area contributed by atoms with Crippen molar-refractivity contribution in [1.82, 2.24) is 15.5 Å². The second kappa shape index (κ2) is 10.3. The number of rotatable bonds is 8. The standard InChI is InChI=1S/C22H43N3O2/c1-9-11-16(4)14-18(15(2)3)23-21(27)24-19(22(6,7)8)20(26)25-13-10-12-17(25)5/h15-19H,9-14H2,1-8H3,(H2,23,24,27). The molecule has 27 heavy (non-hydrogen) atoms. The number of hydrogen-bond donors (Lipinski definition) is 2. The fourth-order valence-electron chi connectivity index (χ4n) is 3.96. The summed E-state index contributed by atoms with van der Waals surface area (Å²) in [7, 11) is 0. The van der Waals surface area contributed by atoms with Crippen LogP contribution in [0.4, 0.5) is 4.79 Å². The molecule has 0 aliphatic carbocycles. The Hall–Kier alpha value is -1.26. The van der Waals surface area contributed by atoms with Gasteiger partial charge in [0.2, 0.25) is 5.91 Å². The highest BCUT2D eigenvalue weighted by atomic mass is 16.2. The molecule has 0 aromatic heterocycles. The Labute approximate surface area is 167 Å². The van der Waals surface area contributed by atoms with Gasteiger partial charge in [-0.05, 0) is 43.4 Å². The van der Waals surface area contributed by atoms with Crippen LogP contribution in [-0.2, 0) is 4.79 Å². The zero-order valence-electron chi connectivity index (χ0n) is 18.9. The van der Waals surface area contributed by atoms with E-state index in [9.17, 15) is 9.59 Å². The second-order valence-electron chi connectivity index (χ2n) is 9.92. The molecule has 5 nitrogen and oxygen atoms in total. The van der Waals surface area contributed by atoms with Gasteiger partial charge in [0, 0.05) is 18.6 Å². The summed E-state index contributed by atoms with van der Waals surface area (Å²) in [5.74, 6) is 0.980. The van der Waals surface area contributed by atoms with Crippen LogP contribution in [0.3, 0.4) is 0 Å². The normalized spacial score (nSPS) is 21.1. The Morgan fingerprint density at radius 3 is 2.22 bits per heavy atom. The van der Waals surface area contributed by atoms with E-state index in [1.165, 1.54) is 6.42 Å². The number of carbonyl (C=O) groups excluding carboxylic acids is 2. The van der Waals surface area contributed by atoms with E-state index >= 15 is 0 Å². The number of nitrogens with one attached hydrogen (secondary N) is 2. The van der Waals surface area contributed by atoms with Crippen LogP contribution in [0.5, 0.6) is 0 Å². The molecule has 4 atom stereocenters. The van der Waals surface area contributed by atoms with Gasteiger partial charge in [-0.25, -0.2) is 4.79 Å². The van der Waals surface area contributed by atoms with Crippen LogP contribution < -0.4 is 10.6 Å². The monoisotopic (exact) mass is 381 g/mol. The number of carbonyl (C=O) groups is 2. The smallest absolute Gasteiger partial charge is 0.315 e. The van der Waals surface area contributed by atoms with Gasteiger partial charge in [-0.2, -0.15) is 0 Å². The number of likely N-dealkylation sites (tertiary alicyclic amines) is 1. The fraction of sp³-hybridized carbons (Fsp3) is 0.909. The average Bonchev–Trinajstić information content (AvgIpc) is 2.96. The average molecular weight is 382 g/mol. The molecule has 0 bridgehead atoms. The number of nitrogens with zero attached hydrogens (tertiary/aromatic N) is 1. The first-order valence-electron chi connectivity index (χ1n) is 10.8. The largest absolute Gasteiger partial charge is 0.338 e. The van der Waals surface area contributed by atoms with Crippen molar-refractivity contribution in [2.24, 2.45) is 17.3 Å². The van der Waals surface area contributed by atoms with Crippen molar-refractivity contribution in [3.8, 4) is 0 Å². The first kappa shape index (κ1) is 23.8. The van der Waals surface area contributed by atoms with Crippen LogP contribution in [0.15, 0.2) is 0 Å². The zero-order valence-corrected chi connectivity index (χ0v) is 18.9. The Kier molecular flexibility index (Phi) is 9.10. The Morgan fingerprint density at radius 2 is 1.78 bits per heavy atom. The third kappa shape index (κ3) is 7.34. The quantitative estimate of drug-likeness (QED) is 0.647. The summed E-state index contributed by atoms with van der Waals surface area (Å²) in [5.41, 5.74) is -0.334. The third-order valence-electron chi connectivity index (χ3n) is 5.78. The van der Waals surface area contributed by atoms with Gasteiger partial charge in [0.25, 0.3) is 0 Å². The first-order valence-corrected chi connectivity index (χ1v) is 10.8. The number of hydrogen-bond acceptors (Lipinski definition) is 2. The third-order valence-corrected chi connectivity index (χ3v) is 5.78. The lowest BCUT2D eigenvalue weighted by atomic mass is 9.85. The van der Waals surface area contributed by atoms with Gasteiger partial charge in [-0.15, -0.1) is 0 Å². The maximum atomic E-state index is 13.1. The van der Waals surface area contributed by atoms with E-state index < -0.39 is 6.04 Å². The maximum absolute atomic E-state index is 13.1. The van der Waals surface area contributed by atoms with Crippen LogP contribution >= 0.6 is 0 Å². The lowest BCUT2D eigenvalue weighted by Crippen LogP contribution is -2.58. The highest BCUT2D eigenvalue weighted by Gasteiger charge is 2.38. The Balaban J connectivity index is 2.79. The molecule has 4 unspecified atom stereocenters. The minimum Gasteiger partial charge on any atom is -0.338 e. The molecule has 0 aromatic carbocycles. The molecule has 1 aliphatic rings. The van der Waals surface area contributed by atoms with Crippen molar-refractivity contribution in [1.29, 1.82) is 0 Å². The van der Waals surface area contributed by atoms with Gasteiger partial charge < -0.3 is 15.5 Å². The lowest BCUT2D eigenvalue weighted by Gasteiger charge is -2.35. The van der Waals surface area contributed by atoms with Crippen molar-refractivity contribution in [2.45, 2.75) is 106 Å². The number of urea groups is 1. The lowest BCUT2D eigenvalue weighted by molar-refractivity contribution is -0.136. The first-order chi connectivity index (χ1) is 12.5. The summed E-state index contributed by atoms with van der Waals surface area (Å²) in [6, 6.07) is -0.366. The zero-order chi connectivity index (χ0) is 20.8. The minimum atomic E-state index is -0.515. The molecule has 1 fully saturated rings. The molecule has 0 radical (unpaired) electrons. The van der Waals surface area contributed by atoms with Crippen molar-refractivity contribution in [3.05, 3.63) is 0 Å². The summed E-state index contributed by atoms with van der Waals surface area (Å²) in [6.45, 7) is 17.6. The van der Waals surface area contributed by atoms with Gasteiger partial charge in [0.05, 0.1) is 0 Å². The molecule has 2 N–H and O–H groups in total. The van der Waals surface area contributed by atoms with E-state index in [1.54, 1.807) is 0 Å². The van der Waals surface area contributed by atoms with Crippen molar-refractivity contribution < 1.29 is 9.59 Å². The molecule has 5 heteroatoms. The van der Waals surface area contributed by atoms with E-state index in [4.69, 9.17) is 0 Å². The molecule has 0 aromatic rings. The van der Waals surface area contributed by atoms with Gasteiger partial charge in [0.15, 0.2) is 0 Å². The molecular weight excluding hydrogens is 338 g/mol. The van der Waals surface area contributed by atoms with Crippen molar-refractivity contribution in [3.63, 3.8) is 0 Å². The topological polar surface area (TPSA) is 61.4 Å². The van der Waals surface area contributed by atoms with Gasteiger partial charge >= 0.3 is 6.03 Å². The second-order valence-corrected chi connectivity index (χ2v) is 9.92. The van der Waals surface area contributed by atoms with E-state index in [1.807, 2.05) is 25.7 Å². The van der Waals surface area contributed by atoms with Gasteiger partial charge in [0.1, 0.15) is 6.04 Å². The predicted octanol–water partition coefficient (Wildman–Crippen LogP) is 4.56. The molecule has 1 aliphatic heterocycles. The fourth-order valence-corrected chi connectivity index (χ4v) is 3.96. The van der Waals surface area contributed by atoms with Crippen LogP contribution in [0.1, 0.15) is 87.5 Å². The molecule has 1 heterocycles. The summed E-state index contributed by atoms with van der Waals surface area (Å²) in [6.07, 6.45) is 5.38. The van der Waals surface area contributed by atoms with Gasteiger partial charge in [-0.3, -0.25) is 4.79 Å². The summed E-state index contributed by atoms with van der Waals surface area (Å²) >= 11 is 0. The Bertz CT molecular complexity index is 484. The molecule has 158 valence electrons. The molecule has 1 rings (SSSR count). The number of amides is 3. The van der Waals surface area contributed by atoms with Gasteiger partial charge in [-0.1, -0.05) is 61.3 Å². The maximum Gasteiger partial charge on any atom is 0.315 e. The minimum absolute atomic E-state index is 0.0445. The van der Waals surface area contributed by atoms with E-state index in [0.29, 0.717) is 11.8 Å². The van der Waals surface area contributed by atoms with E-state index in [0.717, 1.165) is 32.2 Å². The van der Waals surface area contributed by atoms with Crippen LogP contribution in [-0.4, -0.2) is 41.5 Å². The Morgan fingerprint density at radius 1 is 1.15 bits per heavy atom. The summed E-state index contributed by atoms with van der Waals surface area (Å²) < 4.78 is 0. The highest BCUT2D eigenvalue weighted by molar-refractivity contribution is 5.88. The summed E-state index contributed by atoms with van der Waals surface area (Å²) in [4.78, 5) is 27.8. The van der Waals surface area contributed by atoms with Crippen molar-refractivity contribution >= 4 is 11.9 Å². The van der Waals surface area contributed by atoms with Crippen molar-refractivity contribution in [2.75, 3.05) is 6.54 Å². The molecule has 0 saturated carbocycles. The van der Waals surface area contributed by atoms with Crippen LogP contribution in [0, 0.1) is 17.3 Å². The predicted molar refractivity (Wildman–Crippen MR) is 113 cm³/mol. The van der Waals surface area contributed by atoms with E-state index in [2.05, 4.69) is 45.3 Å². The SMILES string of the molecule is CCCC(C)CC(NC(=O)NC(C(=O)N1CCCC1C)C(C)(C)C)C(C)C. The van der Waals surface area contributed by atoms with Crippen LogP contribution in [0.25, 0.3) is 0 Å². The molecule has 1 saturated heterocycles.